The molecule has 3 heterocycles. The van der Waals surface area contributed by atoms with E-state index in [9.17, 15) is 9.59 Å². The summed E-state index contributed by atoms with van der Waals surface area (Å²) in [5.41, 5.74) is 2.01. The first kappa shape index (κ1) is 18.4. The van der Waals surface area contributed by atoms with Gasteiger partial charge in [-0.25, -0.2) is 4.79 Å². The van der Waals surface area contributed by atoms with E-state index in [0.717, 1.165) is 42.7 Å². The number of urea groups is 1. The number of rotatable bonds is 3. The number of piperazine rings is 1. The Bertz CT molecular complexity index is 742. The molecule has 1 aromatic rings. The minimum Gasteiger partial charge on any atom is -0.493 e. The number of likely N-dealkylation sites (tertiary alicyclic amines) is 1. The number of ether oxygens (including phenoxy) is 1. The summed E-state index contributed by atoms with van der Waals surface area (Å²) in [5.74, 6) is 0.975. The van der Waals surface area contributed by atoms with Gasteiger partial charge < -0.3 is 25.2 Å². The van der Waals surface area contributed by atoms with Gasteiger partial charge in [-0.3, -0.25) is 4.79 Å². The summed E-state index contributed by atoms with van der Waals surface area (Å²) in [4.78, 5) is 28.6. The third kappa shape index (κ3) is 3.99. The molecule has 2 fully saturated rings. The van der Waals surface area contributed by atoms with Crippen molar-refractivity contribution in [2.75, 3.05) is 39.3 Å². The third-order valence-corrected chi connectivity index (χ3v) is 5.72. The van der Waals surface area contributed by atoms with E-state index < -0.39 is 0 Å². The van der Waals surface area contributed by atoms with Crippen molar-refractivity contribution in [2.24, 2.45) is 0 Å². The minimum absolute atomic E-state index is 0.103. The van der Waals surface area contributed by atoms with Crippen LogP contribution in [0.1, 0.15) is 24.0 Å². The molecule has 27 heavy (non-hydrogen) atoms. The molecule has 7 nitrogen and oxygen atoms in total. The molecule has 1 atom stereocenters. The molecule has 0 spiro atoms. The summed E-state index contributed by atoms with van der Waals surface area (Å²) in [5, 5.41) is 6.75. The molecule has 3 aliphatic heterocycles. The predicted molar refractivity (Wildman–Crippen MR) is 102 cm³/mol. The van der Waals surface area contributed by atoms with Gasteiger partial charge >= 0.3 is 6.03 Å². The molecular formula is C19H25ClN4O3. The first-order chi connectivity index (χ1) is 13.1. The number of fused-ring (bicyclic) bond motifs is 1. The monoisotopic (exact) mass is 392 g/mol. The summed E-state index contributed by atoms with van der Waals surface area (Å²) >= 11 is 6.19. The van der Waals surface area contributed by atoms with E-state index in [-0.39, 0.29) is 18.0 Å². The van der Waals surface area contributed by atoms with Crippen LogP contribution in [-0.2, 0) is 17.8 Å². The Balaban J connectivity index is 1.36. The van der Waals surface area contributed by atoms with Gasteiger partial charge in [0, 0.05) is 55.8 Å². The number of carbonyl (C=O) groups is 2. The predicted octanol–water partition coefficient (Wildman–Crippen LogP) is 1.38. The normalized spacial score (nSPS) is 22.4. The van der Waals surface area contributed by atoms with Crippen LogP contribution in [0.5, 0.6) is 5.75 Å². The zero-order valence-corrected chi connectivity index (χ0v) is 16.1. The molecule has 2 N–H and O–H groups in total. The maximum absolute atomic E-state index is 12.7. The molecule has 4 rings (SSSR count). The van der Waals surface area contributed by atoms with Crippen molar-refractivity contribution < 1.29 is 14.3 Å². The molecule has 3 aliphatic rings. The van der Waals surface area contributed by atoms with Gasteiger partial charge in [-0.2, -0.15) is 0 Å². The Labute approximate surface area is 164 Å². The highest BCUT2D eigenvalue weighted by Crippen LogP contribution is 2.32. The fourth-order valence-corrected chi connectivity index (χ4v) is 4.42. The second kappa shape index (κ2) is 7.94. The van der Waals surface area contributed by atoms with Crippen LogP contribution in [0.3, 0.4) is 0 Å². The largest absolute Gasteiger partial charge is 0.493 e. The summed E-state index contributed by atoms with van der Waals surface area (Å²) in [6.07, 6.45) is 2.71. The van der Waals surface area contributed by atoms with Gasteiger partial charge in [0.15, 0.2) is 0 Å². The second-order valence-corrected chi connectivity index (χ2v) is 7.75. The van der Waals surface area contributed by atoms with Crippen LogP contribution in [0.15, 0.2) is 12.1 Å². The number of nitrogens with one attached hydrogen (secondary N) is 2. The fraction of sp³-hybridized carbons (Fsp3) is 0.579. The highest BCUT2D eigenvalue weighted by molar-refractivity contribution is 6.30. The molecule has 146 valence electrons. The van der Waals surface area contributed by atoms with Crippen molar-refractivity contribution in [1.29, 1.82) is 0 Å². The van der Waals surface area contributed by atoms with Gasteiger partial charge in [-0.05, 0) is 30.5 Å². The van der Waals surface area contributed by atoms with Gasteiger partial charge in [0.05, 0.1) is 13.2 Å². The van der Waals surface area contributed by atoms with E-state index in [4.69, 9.17) is 16.3 Å². The maximum atomic E-state index is 12.7. The Kier molecular flexibility index (Phi) is 5.41. The number of halogens is 1. The first-order valence-electron chi connectivity index (χ1n) is 9.59. The van der Waals surface area contributed by atoms with Crippen molar-refractivity contribution in [3.8, 4) is 5.75 Å². The lowest BCUT2D eigenvalue weighted by atomic mass is 10.0. The van der Waals surface area contributed by atoms with Gasteiger partial charge in [0.25, 0.3) is 0 Å². The number of carbonyl (C=O) groups excluding carboxylic acids is 2. The zero-order chi connectivity index (χ0) is 18.8. The molecular weight excluding hydrogens is 368 g/mol. The lowest BCUT2D eigenvalue weighted by Gasteiger charge is -2.41. The molecule has 8 heteroatoms. The highest BCUT2D eigenvalue weighted by atomic mass is 35.5. The number of amides is 3. The molecule has 0 aliphatic carbocycles. The molecule has 0 radical (unpaired) electrons. The van der Waals surface area contributed by atoms with Gasteiger partial charge in [0.2, 0.25) is 5.91 Å². The van der Waals surface area contributed by atoms with E-state index in [2.05, 4.69) is 10.6 Å². The van der Waals surface area contributed by atoms with Crippen LogP contribution in [0.2, 0.25) is 5.02 Å². The molecule has 3 amide bonds. The number of nitrogens with zero attached hydrogens (tertiary/aromatic N) is 2. The molecule has 0 bridgehead atoms. The van der Waals surface area contributed by atoms with E-state index in [1.807, 2.05) is 21.9 Å². The third-order valence-electron chi connectivity index (χ3n) is 5.51. The van der Waals surface area contributed by atoms with E-state index in [1.165, 1.54) is 0 Å². The van der Waals surface area contributed by atoms with Gasteiger partial charge in [-0.1, -0.05) is 11.6 Å². The van der Waals surface area contributed by atoms with E-state index in [1.54, 1.807) is 0 Å². The number of piperidine rings is 1. The van der Waals surface area contributed by atoms with Gasteiger partial charge in [-0.15, -0.1) is 0 Å². The lowest BCUT2D eigenvalue weighted by Crippen LogP contribution is -2.58. The fourth-order valence-electron chi connectivity index (χ4n) is 4.16. The molecule has 0 saturated carbocycles. The summed E-state index contributed by atoms with van der Waals surface area (Å²) in [7, 11) is 0. The zero-order valence-electron chi connectivity index (χ0n) is 15.3. The van der Waals surface area contributed by atoms with E-state index >= 15 is 0 Å². The quantitative estimate of drug-likeness (QED) is 0.815. The second-order valence-electron chi connectivity index (χ2n) is 7.32. The molecule has 2 saturated heterocycles. The van der Waals surface area contributed by atoms with Crippen LogP contribution in [0.4, 0.5) is 4.79 Å². The van der Waals surface area contributed by atoms with Crippen LogP contribution in [0, 0.1) is 0 Å². The average Bonchev–Trinajstić information content (AvgIpc) is 3.14. The summed E-state index contributed by atoms with van der Waals surface area (Å²) < 4.78 is 5.70. The van der Waals surface area contributed by atoms with Crippen LogP contribution in [-0.4, -0.2) is 67.1 Å². The molecule has 1 unspecified atom stereocenters. The minimum atomic E-state index is -0.103. The van der Waals surface area contributed by atoms with E-state index in [0.29, 0.717) is 44.4 Å². The Morgan fingerprint density at radius 1 is 1.37 bits per heavy atom. The van der Waals surface area contributed by atoms with Crippen molar-refractivity contribution in [3.63, 3.8) is 0 Å². The van der Waals surface area contributed by atoms with Crippen LogP contribution in [0.25, 0.3) is 0 Å². The average molecular weight is 393 g/mol. The van der Waals surface area contributed by atoms with Crippen LogP contribution >= 0.6 is 11.6 Å². The number of hydrogen-bond donors (Lipinski definition) is 2. The van der Waals surface area contributed by atoms with Gasteiger partial charge in [0.1, 0.15) is 5.75 Å². The maximum Gasteiger partial charge on any atom is 0.317 e. The lowest BCUT2D eigenvalue weighted by molar-refractivity contribution is -0.135. The molecule has 0 aromatic heterocycles. The van der Waals surface area contributed by atoms with Crippen molar-refractivity contribution >= 4 is 23.5 Å². The number of hydrogen-bond acceptors (Lipinski definition) is 4. The van der Waals surface area contributed by atoms with Crippen molar-refractivity contribution in [2.45, 2.75) is 31.8 Å². The standard InChI is InChI=1S/C19H25ClN4O3/c20-15-8-13-3-7-27-18(13)14(9-15)10-22-19(26)23-5-1-2-16(12-23)24-6-4-21-11-17(24)25/h8-9,16,21H,1-7,10-12H2,(H,22,26). The van der Waals surface area contributed by atoms with Crippen LogP contribution < -0.4 is 15.4 Å². The Morgan fingerprint density at radius 3 is 3.11 bits per heavy atom. The number of benzene rings is 1. The highest BCUT2D eigenvalue weighted by Gasteiger charge is 2.31. The Hall–Kier alpha value is -1.99. The molecule has 1 aromatic carbocycles. The summed E-state index contributed by atoms with van der Waals surface area (Å²) in [6, 6.07) is 3.78. The summed E-state index contributed by atoms with van der Waals surface area (Å²) in [6.45, 7) is 4.26. The van der Waals surface area contributed by atoms with Crippen molar-refractivity contribution in [3.05, 3.63) is 28.3 Å². The smallest absolute Gasteiger partial charge is 0.317 e. The van der Waals surface area contributed by atoms with Crippen molar-refractivity contribution in [1.82, 2.24) is 20.4 Å². The Morgan fingerprint density at radius 2 is 2.26 bits per heavy atom. The SMILES string of the molecule is O=C(NCc1cc(Cl)cc2c1OCC2)N1CCCC(N2CCNCC2=O)C1. The first-order valence-corrected chi connectivity index (χ1v) is 9.96. The topological polar surface area (TPSA) is 73.9 Å².